The van der Waals surface area contributed by atoms with Crippen molar-refractivity contribution in [3.05, 3.63) is 0 Å². The molecule has 1 saturated heterocycles. The number of nitrogens with zero attached hydrogens (tertiary/aromatic N) is 1. The lowest BCUT2D eigenvalue weighted by Crippen LogP contribution is -2.59. The van der Waals surface area contributed by atoms with E-state index in [4.69, 9.17) is 10.5 Å². The lowest BCUT2D eigenvalue weighted by molar-refractivity contribution is -0.164. The van der Waals surface area contributed by atoms with Crippen molar-refractivity contribution < 1.29 is 19.2 Å². The average molecular weight is 257 g/mol. The summed E-state index contributed by atoms with van der Waals surface area (Å²) in [6.45, 7) is 5.42. The fourth-order valence-corrected chi connectivity index (χ4v) is 1.66. The topological polar surface area (TPSA) is 103 Å². The number of hydrogen-bond donors (Lipinski definition) is 2. The van der Waals surface area contributed by atoms with E-state index in [1.54, 1.807) is 20.8 Å². The Labute approximate surface area is 106 Å². The lowest BCUT2D eigenvalue weighted by atomic mass is 9.96. The predicted octanol–water partition coefficient (Wildman–Crippen LogP) is -0.452. The van der Waals surface area contributed by atoms with Crippen LogP contribution in [0.15, 0.2) is 5.16 Å². The molecule has 1 fully saturated rings. The number of primary amides is 1. The molecule has 0 aromatic carbocycles. The van der Waals surface area contributed by atoms with Gasteiger partial charge in [-0.3, -0.25) is 10.1 Å². The number of esters is 1. The van der Waals surface area contributed by atoms with Gasteiger partial charge in [0, 0.05) is 13.0 Å². The van der Waals surface area contributed by atoms with E-state index in [1.807, 2.05) is 0 Å². The molecule has 0 saturated carbocycles. The minimum absolute atomic E-state index is 0.0606. The molecule has 1 aliphatic rings. The van der Waals surface area contributed by atoms with Crippen molar-refractivity contribution in [2.75, 3.05) is 13.7 Å². The van der Waals surface area contributed by atoms with Gasteiger partial charge in [0.15, 0.2) is 0 Å². The van der Waals surface area contributed by atoms with E-state index in [-0.39, 0.29) is 13.0 Å². The van der Waals surface area contributed by atoms with E-state index < -0.39 is 23.0 Å². The average Bonchev–Trinajstić information content (AvgIpc) is 2.61. The molecule has 102 valence electrons. The minimum Gasteiger partial charge on any atom is -0.458 e. The molecule has 1 heterocycles. The molecule has 0 bridgehead atoms. The molecule has 1 amide bonds. The monoisotopic (exact) mass is 257 g/mol. The highest BCUT2D eigenvalue weighted by molar-refractivity contribution is 6.13. The number of rotatable bonds is 3. The highest BCUT2D eigenvalue weighted by Crippen LogP contribution is 2.22. The Morgan fingerprint density at radius 1 is 1.44 bits per heavy atom. The second-order valence-corrected chi connectivity index (χ2v) is 5.14. The first kappa shape index (κ1) is 14.4. The summed E-state index contributed by atoms with van der Waals surface area (Å²) in [6.07, 6.45) is 0.0606. The van der Waals surface area contributed by atoms with Crippen molar-refractivity contribution in [2.24, 2.45) is 10.9 Å². The van der Waals surface area contributed by atoms with Crippen molar-refractivity contribution in [3.63, 3.8) is 0 Å². The molecule has 0 spiro atoms. The Bertz CT molecular complexity index is 386. The Morgan fingerprint density at radius 3 is 2.50 bits per heavy atom. The maximum absolute atomic E-state index is 12.1. The molecule has 18 heavy (non-hydrogen) atoms. The summed E-state index contributed by atoms with van der Waals surface area (Å²) in [5, 5.41) is 6.49. The van der Waals surface area contributed by atoms with Crippen LogP contribution < -0.4 is 11.1 Å². The normalized spacial score (nSPS) is 26.1. The van der Waals surface area contributed by atoms with Gasteiger partial charge in [0.1, 0.15) is 12.7 Å². The quantitative estimate of drug-likeness (QED) is 0.405. The van der Waals surface area contributed by atoms with Crippen LogP contribution in [0.4, 0.5) is 0 Å². The van der Waals surface area contributed by atoms with Crippen molar-refractivity contribution in [1.29, 1.82) is 0 Å². The first-order valence-corrected chi connectivity index (χ1v) is 5.58. The Balaban J connectivity index is 2.94. The van der Waals surface area contributed by atoms with Gasteiger partial charge in [-0.15, -0.1) is 0 Å². The summed E-state index contributed by atoms with van der Waals surface area (Å²) in [5.74, 6) is -1.47. The molecule has 0 aromatic heterocycles. The fourth-order valence-electron chi connectivity index (χ4n) is 1.66. The number of amides is 1. The molecule has 0 aliphatic carbocycles. The molecule has 0 radical (unpaired) electrons. The molecule has 0 unspecified atom stereocenters. The van der Waals surface area contributed by atoms with E-state index in [9.17, 15) is 9.59 Å². The van der Waals surface area contributed by atoms with Crippen LogP contribution in [0.5, 0.6) is 0 Å². The third-order valence-corrected chi connectivity index (χ3v) is 2.45. The molecule has 7 nitrogen and oxygen atoms in total. The van der Waals surface area contributed by atoms with Crippen LogP contribution in [0, 0.1) is 0 Å². The first-order valence-electron chi connectivity index (χ1n) is 5.58. The second kappa shape index (κ2) is 4.93. The maximum atomic E-state index is 12.1. The summed E-state index contributed by atoms with van der Waals surface area (Å²) in [6, 6.07) is 0. The van der Waals surface area contributed by atoms with Crippen molar-refractivity contribution in [1.82, 2.24) is 5.32 Å². The second-order valence-electron chi connectivity index (χ2n) is 5.14. The zero-order chi connectivity index (χ0) is 14.0. The maximum Gasteiger partial charge on any atom is 0.337 e. The van der Waals surface area contributed by atoms with E-state index in [2.05, 4.69) is 15.3 Å². The van der Waals surface area contributed by atoms with Gasteiger partial charge >= 0.3 is 5.97 Å². The number of nitrogens with two attached hydrogens (primary N) is 1. The Hall–Kier alpha value is -1.63. The Morgan fingerprint density at radius 2 is 2.06 bits per heavy atom. The summed E-state index contributed by atoms with van der Waals surface area (Å²) in [5.41, 5.74) is 3.61. The third-order valence-electron chi connectivity index (χ3n) is 2.45. The van der Waals surface area contributed by atoms with E-state index >= 15 is 0 Å². The van der Waals surface area contributed by atoms with Gasteiger partial charge in [-0.05, 0) is 20.8 Å². The van der Waals surface area contributed by atoms with Gasteiger partial charge in [0.25, 0.3) is 0 Å². The lowest BCUT2D eigenvalue weighted by Gasteiger charge is -2.28. The van der Waals surface area contributed by atoms with E-state index in [0.717, 1.165) is 0 Å². The summed E-state index contributed by atoms with van der Waals surface area (Å²) < 4.78 is 5.21. The zero-order valence-electron chi connectivity index (χ0n) is 11.1. The smallest absolute Gasteiger partial charge is 0.337 e. The van der Waals surface area contributed by atoms with Gasteiger partial charge in [-0.2, -0.15) is 0 Å². The number of ether oxygens (including phenoxy) is 1. The van der Waals surface area contributed by atoms with Crippen LogP contribution in [0.25, 0.3) is 0 Å². The van der Waals surface area contributed by atoms with Gasteiger partial charge in [-0.25, -0.2) is 4.79 Å². The number of nitrogens with one attached hydrogen (secondary N) is 1. The predicted molar refractivity (Wildman–Crippen MR) is 64.8 cm³/mol. The molecular weight excluding hydrogens is 238 g/mol. The molecule has 1 rings (SSSR count). The van der Waals surface area contributed by atoms with Crippen molar-refractivity contribution >= 4 is 17.6 Å². The van der Waals surface area contributed by atoms with Crippen LogP contribution in [-0.4, -0.2) is 42.4 Å². The molecular formula is C11H19N3O4. The Kier molecular flexibility index (Phi) is 3.95. The fraction of sp³-hybridized carbons (Fsp3) is 0.727. The summed E-state index contributed by atoms with van der Waals surface area (Å²) in [7, 11) is 1.39. The van der Waals surface area contributed by atoms with Crippen LogP contribution in [0.1, 0.15) is 27.2 Å². The number of carbonyl (C=O) groups is 2. The summed E-state index contributed by atoms with van der Waals surface area (Å²) >= 11 is 0. The third kappa shape index (κ3) is 2.98. The van der Waals surface area contributed by atoms with E-state index in [0.29, 0.717) is 5.71 Å². The molecule has 1 atom stereocenters. The van der Waals surface area contributed by atoms with Gasteiger partial charge < -0.3 is 15.3 Å². The standard InChI is InChI=1S/C11H19N3O4/c1-10(2,3)18-9(16)11(8(12)15)5-7(6-13-11)14-17-4/h13H,5-6H2,1-4H3,(H2,12,15)/t11-/m0/s1. The minimum atomic E-state index is -1.55. The number of hydrogen-bond acceptors (Lipinski definition) is 6. The van der Waals surface area contributed by atoms with Gasteiger partial charge in [0.05, 0.1) is 5.71 Å². The van der Waals surface area contributed by atoms with Crippen molar-refractivity contribution in [2.45, 2.75) is 38.3 Å². The number of oxime groups is 1. The van der Waals surface area contributed by atoms with Crippen LogP contribution in [0.3, 0.4) is 0 Å². The molecule has 1 aliphatic heterocycles. The molecule has 7 heteroatoms. The highest BCUT2D eigenvalue weighted by Gasteiger charge is 2.51. The van der Waals surface area contributed by atoms with Crippen LogP contribution in [0.2, 0.25) is 0 Å². The van der Waals surface area contributed by atoms with Crippen LogP contribution >= 0.6 is 0 Å². The van der Waals surface area contributed by atoms with Gasteiger partial charge in [0.2, 0.25) is 11.4 Å². The van der Waals surface area contributed by atoms with E-state index in [1.165, 1.54) is 7.11 Å². The largest absolute Gasteiger partial charge is 0.458 e. The van der Waals surface area contributed by atoms with Crippen LogP contribution in [-0.2, 0) is 19.2 Å². The zero-order valence-corrected chi connectivity index (χ0v) is 11.1. The first-order chi connectivity index (χ1) is 8.21. The summed E-state index contributed by atoms with van der Waals surface area (Å²) in [4.78, 5) is 28.3. The number of carbonyl (C=O) groups excluding carboxylic acids is 2. The SMILES string of the molecule is CON=C1CN[C@@](C(N)=O)(C(=O)OC(C)(C)C)C1. The molecule has 0 aromatic rings. The van der Waals surface area contributed by atoms with Crippen molar-refractivity contribution in [3.8, 4) is 0 Å². The molecule has 3 N–H and O–H groups in total. The highest BCUT2D eigenvalue weighted by atomic mass is 16.6. The van der Waals surface area contributed by atoms with Gasteiger partial charge in [-0.1, -0.05) is 5.16 Å².